The summed E-state index contributed by atoms with van der Waals surface area (Å²) in [4.78, 5) is 9.10. The van der Waals surface area contributed by atoms with Crippen LogP contribution < -0.4 is 0 Å². The van der Waals surface area contributed by atoms with Gasteiger partial charge in [-0.25, -0.2) is 0 Å². The molecule has 0 aliphatic carbocycles. The molecule has 0 saturated carbocycles. The van der Waals surface area contributed by atoms with Gasteiger partial charge in [0.15, 0.2) is 0 Å². The standard InChI is InChI=1S/C18H12NS.C18H14N.Ir/c1-12-9-10-16(19-11-12)15-7-4-6-14-13-5-2-3-8-17(13)20-18(14)15;1-14-12-18(16-10-6-3-7-11-16)19-13-17(14)15-8-4-2-5-9-15;/h2-6,8-11H,1H3;2-10,12-13H,1H3;/q2*-1;. The molecule has 4 aromatic carbocycles. The van der Waals surface area contributed by atoms with Crippen molar-refractivity contribution < 1.29 is 20.1 Å². The molecule has 0 aliphatic rings. The van der Waals surface area contributed by atoms with Crippen LogP contribution in [0.3, 0.4) is 0 Å². The average Bonchev–Trinajstić information content (AvgIpc) is 3.38. The first-order valence-corrected chi connectivity index (χ1v) is 13.7. The molecule has 0 saturated heterocycles. The third kappa shape index (κ3) is 5.80. The Kier molecular flexibility index (Phi) is 8.62. The molecule has 0 atom stereocenters. The van der Waals surface area contributed by atoms with Crippen LogP contribution in [0, 0.1) is 26.0 Å². The smallest absolute Gasteiger partial charge is 0.0242 e. The van der Waals surface area contributed by atoms with Gasteiger partial charge >= 0.3 is 0 Å². The van der Waals surface area contributed by atoms with Gasteiger partial charge in [0.1, 0.15) is 0 Å². The minimum Gasteiger partial charge on any atom is -0.304 e. The first-order chi connectivity index (χ1) is 19.2. The fourth-order valence-corrected chi connectivity index (χ4v) is 5.88. The van der Waals surface area contributed by atoms with Gasteiger partial charge in [0.05, 0.1) is 0 Å². The summed E-state index contributed by atoms with van der Waals surface area (Å²) in [6.45, 7) is 4.18. The molecule has 2 nitrogen and oxygen atoms in total. The van der Waals surface area contributed by atoms with E-state index >= 15 is 0 Å². The van der Waals surface area contributed by atoms with Crippen molar-refractivity contribution in [1.29, 1.82) is 0 Å². The number of fused-ring (bicyclic) bond motifs is 3. The van der Waals surface area contributed by atoms with E-state index in [0.29, 0.717) is 0 Å². The van der Waals surface area contributed by atoms with Gasteiger partial charge in [0.25, 0.3) is 0 Å². The Hall–Kier alpha value is -3.95. The molecule has 7 aromatic rings. The summed E-state index contributed by atoms with van der Waals surface area (Å²) in [5.74, 6) is 0. The summed E-state index contributed by atoms with van der Waals surface area (Å²) >= 11 is 1.82. The van der Waals surface area contributed by atoms with E-state index in [1.165, 1.54) is 42.4 Å². The summed E-state index contributed by atoms with van der Waals surface area (Å²) in [5, 5.41) is 2.61. The van der Waals surface area contributed by atoms with Crippen molar-refractivity contribution in [3.63, 3.8) is 0 Å². The Labute approximate surface area is 252 Å². The molecule has 0 bridgehead atoms. The van der Waals surface area contributed by atoms with E-state index in [-0.39, 0.29) is 20.1 Å². The minimum atomic E-state index is 0. The zero-order valence-corrected chi connectivity index (χ0v) is 25.4. The van der Waals surface area contributed by atoms with Crippen LogP contribution in [0.5, 0.6) is 0 Å². The molecule has 197 valence electrons. The molecule has 40 heavy (non-hydrogen) atoms. The Morgan fingerprint density at radius 3 is 2.17 bits per heavy atom. The molecule has 4 heteroatoms. The number of hydrogen-bond donors (Lipinski definition) is 0. The van der Waals surface area contributed by atoms with Gasteiger partial charge in [-0.3, -0.25) is 0 Å². The largest absolute Gasteiger partial charge is 0.304 e. The van der Waals surface area contributed by atoms with Crippen molar-refractivity contribution in [2.45, 2.75) is 13.8 Å². The quantitative estimate of drug-likeness (QED) is 0.171. The number of benzene rings is 4. The van der Waals surface area contributed by atoms with E-state index in [9.17, 15) is 0 Å². The van der Waals surface area contributed by atoms with Crippen LogP contribution in [0.15, 0.2) is 122 Å². The zero-order valence-electron chi connectivity index (χ0n) is 22.2. The van der Waals surface area contributed by atoms with Crippen LogP contribution in [0.1, 0.15) is 11.1 Å². The second-order valence-corrected chi connectivity index (χ2v) is 10.5. The number of hydrogen-bond acceptors (Lipinski definition) is 3. The van der Waals surface area contributed by atoms with Crippen LogP contribution in [0.2, 0.25) is 0 Å². The van der Waals surface area contributed by atoms with Gasteiger partial charge in [0.2, 0.25) is 0 Å². The molecule has 3 aromatic heterocycles. The molecule has 3 heterocycles. The zero-order chi connectivity index (χ0) is 26.6. The van der Waals surface area contributed by atoms with Crippen molar-refractivity contribution in [2.24, 2.45) is 0 Å². The molecule has 0 spiro atoms. The first-order valence-electron chi connectivity index (χ1n) is 12.9. The fourth-order valence-electron chi connectivity index (χ4n) is 4.67. The maximum atomic E-state index is 4.55. The van der Waals surface area contributed by atoms with Crippen LogP contribution in [-0.2, 0) is 20.1 Å². The van der Waals surface area contributed by atoms with Crippen molar-refractivity contribution in [3.8, 4) is 33.6 Å². The first kappa shape index (κ1) is 27.6. The van der Waals surface area contributed by atoms with Crippen LogP contribution in [0.25, 0.3) is 53.8 Å². The second-order valence-electron chi connectivity index (χ2n) is 9.44. The number of rotatable bonds is 3. The molecular weight excluding hydrogens is 685 g/mol. The molecular formula is C36H26IrN2S-2. The predicted molar refractivity (Wildman–Crippen MR) is 165 cm³/mol. The number of aromatic nitrogens is 2. The van der Waals surface area contributed by atoms with Crippen molar-refractivity contribution in [3.05, 3.63) is 145 Å². The third-order valence-electron chi connectivity index (χ3n) is 6.69. The number of aryl methyl sites for hydroxylation is 2. The van der Waals surface area contributed by atoms with Crippen LogP contribution in [0.4, 0.5) is 0 Å². The van der Waals surface area contributed by atoms with Crippen molar-refractivity contribution >= 4 is 31.5 Å². The summed E-state index contributed by atoms with van der Waals surface area (Å²) in [7, 11) is 0. The molecule has 0 N–H and O–H groups in total. The Bertz CT molecular complexity index is 1860. The SMILES string of the molecule is Cc1cc(-c2[c-]cccc2)ncc1-c1ccccc1.Cc1ccc(-c2[c-]ccc3c2sc2ccccc23)nc1.[Ir]. The molecule has 0 unspecified atom stereocenters. The Balaban J connectivity index is 0.000000158. The third-order valence-corrected chi connectivity index (χ3v) is 7.89. The van der Waals surface area contributed by atoms with Crippen LogP contribution >= 0.6 is 11.3 Å². The average molecular weight is 711 g/mol. The van der Waals surface area contributed by atoms with Gasteiger partial charge in [-0.15, -0.1) is 59.7 Å². The molecule has 1 radical (unpaired) electrons. The van der Waals surface area contributed by atoms with Crippen molar-refractivity contribution in [1.82, 2.24) is 9.97 Å². The summed E-state index contributed by atoms with van der Waals surface area (Å²) in [6.07, 6.45) is 3.86. The van der Waals surface area contributed by atoms with Gasteiger partial charge < -0.3 is 9.97 Å². The maximum absolute atomic E-state index is 4.55. The van der Waals surface area contributed by atoms with E-state index in [2.05, 4.69) is 96.6 Å². The summed E-state index contributed by atoms with van der Waals surface area (Å²) in [5.41, 5.74) is 8.89. The molecule has 0 aliphatic heterocycles. The number of thiophene rings is 1. The van der Waals surface area contributed by atoms with Gasteiger partial charge in [-0.1, -0.05) is 72.1 Å². The Morgan fingerprint density at radius 2 is 1.43 bits per heavy atom. The van der Waals surface area contributed by atoms with Gasteiger partial charge in [0, 0.05) is 42.8 Å². The predicted octanol–water partition coefficient (Wildman–Crippen LogP) is 9.75. The monoisotopic (exact) mass is 711 g/mol. The van der Waals surface area contributed by atoms with Gasteiger partial charge in [-0.05, 0) is 58.1 Å². The van der Waals surface area contributed by atoms with E-state index in [1.54, 1.807) is 0 Å². The number of nitrogens with zero attached hydrogens (tertiary/aromatic N) is 2. The Morgan fingerprint density at radius 1 is 0.650 bits per heavy atom. The van der Waals surface area contributed by atoms with E-state index in [0.717, 1.165) is 22.5 Å². The van der Waals surface area contributed by atoms with E-state index in [1.807, 2.05) is 72.3 Å². The van der Waals surface area contributed by atoms with Gasteiger partial charge in [-0.2, -0.15) is 11.3 Å². The maximum Gasteiger partial charge on any atom is 0.0242 e. The normalized spacial score (nSPS) is 10.6. The minimum absolute atomic E-state index is 0. The van der Waals surface area contributed by atoms with Crippen LogP contribution in [-0.4, -0.2) is 9.97 Å². The molecule has 7 rings (SSSR count). The molecule has 0 amide bonds. The summed E-state index contributed by atoms with van der Waals surface area (Å²) in [6, 6.07) is 43.8. The topological polar surface area (TPSA) is 25.8 Å². The van der Waals surface area contributed by atoms with E-state index < -0.39 is 0 Å². The fraction of sp³-hybridized carbons (Fsp3) is 0.0556. The van der Waals surface area contributed by atoms with Crippen molar-refractivity contribution in [2.75, 3.05) is 0 Å². The van der Waals surface area contributed by atoms with E-state index in [4.69, 9.17) is 0 Å². The number of pyridine rings is 2. The summed E-state index contributed by atoms with van der Waals surface area (Å²) < 4.78 is 2.58. The second kappa shape index (κ2) is 12.5. The molecule has 0 fully saturated rings.